The van der Waals surface area contributed by atoms with Crippen LogP contribution in [-0.4, -0.2) is 17.6 Å². The highest BCUT2D eigenvalue weighted by Crippen LogP contribution is 2.34. The molecule has 1 aliphatic rings. The molecule has 0 saturated carbocycles. The number of hydrogen-bond donors (Lipinski definition) is 2. The fourth-order valence-electron chi connectivity index (χ4n) is 2.70. The molecule has 0 spiro atoms. The van der Waals surface area contributed by atoms with Crippen LogP contribution in [-0.2, 0) is 6.42 Å². The van der Waals surface area contributed by atoms with Crippen LogP contribution in [0.1, 0.15) is 39.9 Å². The van der Waals surface area contributed by atoms with Crippen molar-refractivity contribution in [1.82, 2.24) is 10.3 Å². The quantitative estimate of drug-likeness (QED) is 0.895. The number of aryl methyl sites for hydroxylation is 3. The summed E-state index contributed by atoms with van der Waals surface area (Å²) in [6, 6.07) is -0.129. The second kappa shape index (κ2) is 6.15. The largest absolute Gasteiger partial charge is 0.337 e. The minimum absolute atomic E-state index is 0.129. The minimum Gasteiger partial charge on any atom is -0.337 e. The van der Waals surface area contributed by atoms with Crippen LogP contribution in [0, 0.1) is 13.8 Å². The molecular weight excluding hydrogens is 302 g/mol. The first-order valence-electron chi connectivity index (χ1n) is 7.17. The molecule has 0 aromatic carbocycles. The predicted octanol–water partition coefficient (Wildman–Crippen LogP) is 4.06. The van der Waals surface area contributed by atoms with Gasteiger partial charge in [0, 0.05) is 22.7 Å². The lowest BCUT2D eigenvalue weighted by Gasteiger charge is -2.21. The van der Waals surface area contributed by atoms with Gasteiger partial charge in [-0.05, 0) is 44.1 Å². The topological polar surface area (TPSA) is 54.0 Å². The fraction of sp³-hybridized carbons (Fsp3) is 0.467. The van der Waals surface area contributed by atoms with E-state index in [1.807, 2.05) is 17.7 Å². The van der Waals surface area contributed by atoms with Crippen LogP contribution in [0.2, 0.25) is 0 Å². The van der Waals surface area contributed by atoms with Crippen LogP contribution in [0.3, 0.4) is 0 Å². The number of amides is 2. The number of thiophene rings is 1. The number of fused-ring (bicyclic) bond motifs is 1. The van der Waals surface area contributed by atoms with Gasteiger partial charge in [-0.2, -0.15) is 0 Å². The molecule has 6 heteroatoms. The van der Waals surface area contributed by atoms with E-state index in [0.29, 0.717) is 12.5 Å². The van der Waals surface area contributed by atoms with Crippen molar-refractivity contribution in [3.8, 4) is 0 Å². The van der Waals surface area contributed by atoms with Crippen molar-refractivity contribution in [2.45, 2.75) is 39.0 Å². The van der Waals surface area contributed by atoms with Crippen molar-refractivity contribution < 1.29 is 4.79 Å². The van der Waals surface area contributed by atoms with E-state index >= 15 is 0 Å². The monoisotopic (exact) mass is 321 g/mol. The molecule has 0 aliphatic heterocycles. The van der Waals surface area contributed by atoms with Crippen LogP contribution in [0.5, 0.6) is 0 Å². The zero-order valence-corrected chi connectivity index (χ0v) is 13.9. The number of anilines is 1. The molecule has 1 aliphatic carbocycles. The van der Waals surface area contributed by atoms with Crippen LogP contribution in [0.15, 0.2) is 10.8 Å². The number of carbonyl (C=O) groups is 1. The van der Waals surface area contributed by atoms with Gasteiger partial charge in [-0.1, -0.05) is 0 Å². The van der Waals surface area contributed by atoms with Gasteiger partial charge in [0.25, 0.3) is 0 Å². The van der Waals surface area contributed by atoms with Gasteiger partial charge in [-0.15, -0.1) is 22.7 Å². The Labute approximate surface area is 132 Å². The number of carbonyl (C=O) groups excluding carboxylic acids is 1. The van der Waals surface area contributed by atoms with Crippen LogP contribution in [0.25, 0.3) is 0 Å². The smallest absolute Gasteiger partial charge is 0.319 e. The number of hydrogen-bond acceptors (Lipinski definition) is 4. The summed E-state index contributed by atoms with van der Waals surface area (Å²) in [5.74, 6) is 0.355. The molecule has 0 saturated heterocycles. The van der Waals surface area contributed by atoms with Crippen molar-refractivity contribution in [3.05, 3.63) is 31.9 Å². The highest BCUT2D eigenvalue weighted by atomic mass is 32.1. The van der Waals surface area contributed by atoms with Crippen molar-refractivity contribution in [2.75, 3.05) is 11.9 Å². The van der Waals surface area contributed by atoms with E-state index in [-0.39, 0.29) is 6.03 Å². The lowest BCUT2D eigenvalue weighted by Crippen LogP contribution is -2.33. The third kappa shape index (κ3) is 3.27. The maximum Gasteiger partial charge on any atom is 0.319 e. The Morgan fingerprint density at radius 1 is 1.43 bits per heavy atom. The average Bonchev–Trinajstić information content (AvgIpc) is 3.02. The van der Waals surface area contributed by atoms with E-state index in [9.17, 15) is 4.79 Å². The molecule has 2 N–H and O–H groups in total. The zero-order valence-electron chi connectivity index (χ0n) is 12.2. The Kier molecular flexibility index (Phi) is 4.26. The summed E-state index contributed by atoms with van der Waals surface area (Å²) in [6.07, 6.45) is 3.43. The van der Waals surface area contributed by atoms with Crippen LogP contribution < -0.4 is 10.6 Å². The van der Waals surface area contributed by atoms with Crippen LogP contribution in [0.4, 0.5) is 10.5 Å². The lowest BCUT2D eigenvalue weighted by atomic mass is 9.91. The maximum absolute atomic E-state index is 12.0. The second-order valence-corrected chi connectivity index (χ2v) is 7.47. The molecule has 21 heavy (non-hydrogen) atoms. The van der Waals surface area contributed by atoms with Crippen molar-refractivity contribution in [1.29, 1.82) is 0 Å². The van der Waals surface area contributed by atoms with E-state index in [1.54, 1.807) is 22.7 Å². The molecule has 1 atom stereocenters. The predicted molar refractivity (Wildman–Crippen MR) is 88.6 cm³/mol. The number of thiazole rings is 1. The third-order valence-corrected chi connectivity index (χ3v) is 5.70. The Balaban J connectivity index is 1.58. The van der Waals surface area contributed by atoms with Crippen molar-refractivity contribution in [2.24, 2.45) is 0 Å². The number of nitrogens with zero attached hydrogens (tertiary/aromatic N) is 1. The van der Waals surface area contributed by atoms with E-state index in [4.69, 9.17) is 0 Å². The van der Waals surface area contributed by atoms with Gasteiger partial charge >= 0.3 is 6.03 Å². The van der Waals surface area contributed by atoms with E-state index in [0.717, 1.165) is 29.1 Å². The molecule has 2 aromatic heterocycles. The molecule has 0 bridgehead atoms. The molecule has 2 heterocycles. The Bertz CT molecular complexity index is 647. The van der Waals surface area contributed by atoms with Gasteiger partial charge in [0.05, 0.1) is 16.4 Å². The van der Waals surface area contributed by atoms with E-state index < -0.39 is 0 Å². The normalized spacial score (nSPS) is 17.3. The summed E-state index contributed by atoms with van der Waals surface area (Å²) >= 11 is 3.39. The molecule has 1 unspecified atom stereocenters. The van der Waals surface area contributed by atoms with E-state index in [1.165, 1.54) is 17.0 Å². The Morgan fingerprint density at radius 2 is 2.29 bits per heavy atom. The summed E-state index contributed by atoms with van der Waals surface area (Å²) in [6.45, 7) is 4.71. The zero-order chi connectivity index (χ0) is 14.8. The van der Waals surface area contributed by atoms with Crippen molar-refractivity contribution >= 4 is 34.4 Å². The molecule has 3 rings (SSSR count). The molecular formula is C15H19N3OS2. The number of rotatable bonds is 3. The summed E-state index contributed by atoms with van der Waals surface area (Å²) in [7, 11) is 0. The standard InChI is InChI=1S/C15H19N3OS2/c1-9-7-20-8-12(9)18-15(19)16-6-11-4-3-5-13-14(11)17-10(2)21-13/h7-8,11H,3-6H2,1-2H3,(H2,16,18,19). The molecule has 2 amide bonds. The molecule has 0 radical (unpaired) electrons. The highest BCUT2D eigenvalue weighted by molar-refractivity contribution is 7.11. The first-order chi connectivity index (χ1) is 10.1. The SMILES string of the molecule is Cc1nc2c(s1)CCCC2CNC(=O)Nc1cscc1C. The van der Waals surface area contributed by atoms with Gasteiger partial charge in [-0.3, -0.25) is 0 Å². The van der Waals surface area contributed by atoms with Gasteiger partial charge in [0.1, 0.15) is 0 Å². The fourth-order valence-corrected chi connectivity index (χ4v) is 4.54. The van der Waals surface area contributed by atoms with E-state index in [2.05, 4.69) is 22.5 Å². The molecule has 112 valence electrons. The highest BCUT2D eigenvalue weighted by Gasteiger charge is 2.24. The summed E-state index contributed by atoms with van der Waals surface area (Å²) in [4.78, 5) is 18.0. The first-order valence-corrected chi connectivity index (χ1v) is 8.93. The average molecular weight is 321 g/mol. The van der Waals surface area contributed by atoms with Gasteiger partial charge < -0.3 is 10.6 Å². The first kappa shape index (κ1) is 14.5. The van der Waals surface area contributed by atoms with Crippen molar-refractivity contribution in [3.63, 3.8) is 0 Å². The lowest BCUT2D eigenvalue weighted by molar-refractivity contribution is 0.251. The van der Waals surface area contributed by atoms with Crippen LogP contribution >= 0.6 is 22.7 Å². The molecule has 4 nitrogen and oxygen atoms in total. The molecule has 0 fully saturated rings. The van der Waals surface area contributed by atoms with Gasteiger partial charge in [-0.25, -0.2) is 9.78 Å². The summed E-state index contributed by atoms with van der Waals surface area (Å²) < 4.78 is 0. The Hall–Kier alpha value is -1.40. The van der Waals surface area contributed by atoms with Gasteiger partial charge in [0.2, 0.25) is 0 Å². The number of aromatic nitrogens is 1. The second-order valence-electron chi connectivity index (χ2n) is 5.43. The number of urea groups is 1. The number of nitrogens with one attached hydrogen (secondary N) is 2. The third-order valence-electron chi connectivity index (χ3n) is 3.79. The maximum atomic E-state index is 12.0. The summed E-state index contributed by atoms with van der Waals surface area (Å²) in [5.41, 5.74) is 3.20. The molecule has 2 aromatic rings. The van der Waals surface area contributed by atoms with Gasteiger partial charge in [0.15, 0.2) is 0 Å². The minimum atomic E-state index is -0.129. The Morgan fingerprint density at radius 3 is 3.05 bits per heavy atom. The summed E-state index contributed by atoms with van der Waals surface area (Å²) in [5, 5.41) is 11.0.